The Hall–Kier alpha value is -3.04. The standard InChI is InChI=1S/C27H26N2S/c1-3-4-9-20(2)26(22-12-7-16-28-18-22)24-14-15-25(30-24)27(21-10-5-6-11-21)23-13-8-17-29-19-23/h3-10,12-19,26-27H,11H2,1-2H3/b4-3-,20-9+. The Morgan fingerprint density at radius 2 is 1.73 bits per heavy atom. The first-order chi connectivity index (χ1) is 14.8. The van der Waals surface area contributed by atoms with Crippen molar-refractivity contribution >= 4 is 11.3 Å². The van der Waals surface area contributed by atoms with E-state index in [0.29, 0.717) is 0 Å². The number of thiophene rings is 1. The maximum atomic E-state index is 4.39. The molecule has 4 rings (SSSR count). The van der Waals surface area contributed by atoms with E-state index in [1.165, 1.54) is 32.0 Å². The first-order valence-corrected chi connectivity index (χ1v) is 11.1. The van der Waals surface area contributed by atoms with Crippen molar-refractivity contribution in [3.8, 4) is 0 Å². The monoisotopic (exact) mass is 410 g/mol. The molecule has 1 aliphatic rings. The SMILES string of the molecule is C/C=C\C=C(/C)C(c1cccnc1)c1ccc(C(C2=CC=CC2)c2cccnc2)s1. The Bertz CT molecular complexity index is 1090. The molecule has 3 heteroatoms. The second-order valence-electron chi connectivity index (χ2n) is 7.49. The quantitative estimate of drug-likeness (QED) is 0.385. The molecule has 0 spiro atoms. The molecule has 30 heavy (non-hydrogen) atoms. The highest BCUT2D eigenvalue weighted by atomic mass is 32.1. The summed E-state index contributed by atoms with van der Waals surface area (Å²) < 4.78 is 0. The van der Waals surface area contributed by atoms with Crippen molar-refractivity contribution in [2.24, 2.45) is 0 Å². The van der Waals surface area contributed by atoms with Crippen molar-refractivity contribution in [2.45, 2.75) is 32.1 Å². The summed E-state index contributed by atoms with van der Waals surface area (Å²) in [5.41, 5.74) is 5.22. The zero-order valence-electron chi connectivity index (χ0n) is 17.4. The van der Waals surface area contributed by atoms with Crippen LogP contribution >= 0.6 is 11.3 Å². The van der Waals surface area contributed by atoms with Crippen molar-refractivity contribution in [2.75, 3.05) is 0 Å². The van der Waals surface area contributed by atoms with Gasteiger partial charge in [0.1, 0.15) is 0 Å². The predicted octanol–water partition coefficient (Wildman–Crippen LogP) is 7.21. The minimum absolute atomic E-state index is 0.207. The third-order valence-corrected chi connectivity index (χ3v) is 6.64. The van der Waals surface area contributed by atoms with E-state index in [-0.39, 0.29) is 11.8 Å². The van der Waals surface area contributed by atoms with Crippen LogP contribution in [0.15, 0.2) is 109 Å². The average Bonchev–Trinajstić information content (AvgIpc) is 3.48. The molecule has 1 aliphatic carbocycles. The predicted molar refractivity (Wildman–Crippen MR) is 127 cm³/mol. The van der Waals surface area contributed by atoms with Gasteiger partial charge in [0.15, 0.2) is 0 Å². The van der Waals surface area contributed by atoms with Crippen LogP contribution in [-0.2, 0) is 0 Å². The average molecular weight is 411 g/mol. The lowest BCUT2D eigenvalue weighted by Crippen LogP contribution is -2.03. The highest BCUT2D eigenvalue weighted by Crippen LogP contribution is 2.42. The molecule has 0 fully saturated rings. The van der Waals surface area contributed by atoms with Gasteiger partial charge in [-0.3, -0.25) is 9.97 Å². The van der Waals surface area contributed by atoms with Crippen LogP contribution in [0, 0.1) is 0 Å². The van der Waals surface area contributed by atoms with Gasteiger partial charge in [0.25, 0.3) is 0 Å². The molecule has 0 amide bonds. The fourth-order valence-electron chi connectivity index (χ4n) is 4.01. The van der Waals surface area contributed by atoms with E-state index < -0.39 is 0 Å². The molecule has 0 aliphatic heterocycles. The lowest BCUT2D eigenvalue weighted by atomic mass is 9.89. The Labute approximate surface area is 183 Å². The van der Waals surface area contributed by atoms with Gasteiger partial charge in [0.05, 0.1) is 0 Å². The summed E-state index contributed by atoms with van der Waals surface area (Å²) in [6.07, 6.45) is 21.7. The summed E-state index contributed by atoms with van der Waals surface area (Å²) in [6, 6.07) is 13.0. The minimum Gasteiger partial charge on any atom is -0.264 e. The molecule has 0 saturated heterocycles. The first-order valence-electron chi connectivity index (χ1n) is 10.3. The van der Waals surface area contributed by atoms with Gasteiger partial charge in [-0.15, -0.1) is 11.3 Å². The van der Waals surface area contributed by atoms with E-state index in [1.807, 2.05) is 55.2 Å². The Morgan fingerprint density at radius 1 is 1.00 bits per heavy atom. The number of hydrogen-bond donors (Lipinski definition) is 0. The molecule has 0 saturated carbocycles. The molecule has 0 aromatic carbocycles. The summed E-state index contributed by atoms with van der Waals surface area (Å²) in [5, 5.41) is 0. The first kappa shape index (κ1) is 20.2. The van der Waals surface area contributed by atoms with Crippen LogP contribution in [0.25, 0.3) is 0 Å². The van der Waals surface area contributed by atoms with E-state index in [0.717, 1.165) is 6.42 Å². The number of nitrogens with zero attached hydrogens (tertiary/aromatic N) is 2. The van der Waals surface area contributed by atoms with Gasteiger partial charge < -0.3 is 0 Å². The van der Waals surface area contributed by atoms with Crippen LogP contribution < -0.4 is 0 Å². The van der Waals surface area contributed by atoms with Crippen molar-refractivity contribution in [1.29, 1.82) is 0 Å². The molecule has 2 unspecified atom stereocenters. The third kappa shape index (κ3) is 4.42. The normalized spacial score (nSPS) is 16.1. The number of allylic oxidation sites excluding steroid dienone is 8. The van der Waals surface area contributed by atoms with Gasteiger partial charge in [-0.1, -0.05) is 59.7 Å². The maximum absolute atomic E-state index is 4.39. The molecular weight excluding hydrogens is 384 g/mol. The summed E-state index contributed by atoms with van der Waals surface area (Å²) in [5.74, 6) is 0.459. The van der Waals surface area contributed by atoms with Gasteiger partial charge in [-0.05, 0) is 55.7 Å². The van der Waals surface area contributed by atoms with Crippen LogP contribution in [0.1, 0.15) is 53.0 Å². The molecule has 3 aromatic heterocycles. The smallest absolute Gasteiger partial charge is 0.0414 e. The van der Waals surface area contributed by atoms with Gasteiger partial charge >= 0.3 is 0 Å². The van der Waals surface area contributed by atoms with Crippen LogP contribution in [0.5, 0.6) is 0 Å². The fourth-order valence-corrected chi connectivity index (χ4v) is 5.40. The Kier molecular flexibility index (Phi) is 6.50. The molecule has 0 bridgehead atoms. The number of pyridine rings is 2. The molecule has 2 atom stereocenters. The van der Waals surface area contributed by atoms with Gasteiger partial charge in [0.2, 0.25) is 0 Å². The Balaban J connectivity index is 1.76. The molecular formula is C27H26N2S. The topological polar surface area (TPSA) is 25.8 Å². The number of rotatable bonds is 7. The van der Waals surface area contributed by atoms with Crippen LogP contribution in [0.2, 0.25) is 0 Å². The molecule has 0 radical (unpaired) electrons. The van der Waals surface area contributed by atoms with Gasteiger partial charge in [0, 0.05) is 46.4 Å². The summed E-state index contributed by atoms with van der Waals surface area (Å²) in [6.45, 7) is 4.26. The van der Waals surface area contributed by atoms with Crippen molar-refractivity contribution in [3.05, 3.63) is 130 Å². The largest absolute Gasteiger partial charge is 0.264 e. The van der Waals surface area contributed by atoms with Crippen LogP contribution in [0.3, 0.4) is 0 Å². The van der Waals surface area contributed by atoms with Crippen LogP contribution in [0.4, 0.5) is 0 Å². The highest BCUT2D eigenvalue weighted by molar-refractivity contribution is 7.12. The second kappa shape index (κ2) is 9.64. The molecule has 0 N–H and O–H groups in total. The van der Waals surface area contributed by atoms with E-state index in [2.05, 4.69) is 77.6 Å². The number of hydrogen-bond acceptors (Lipinski definition) is 3. The van der Waals surface area contributed by atoms with E-state index in [9.17, 15) is 0 Å². The molecule has 150 valence electrons. The summed E-state index contributed by atoms with van der Waals surface area (Å²) >= 11 is 1.90. The molecule has 3 aromatic rings. The lowest BCUT2D eigenvalue weighted by Gasteiger charge is -2.19. The molecule has 3 heterocycles. The minimum atomic E-state index is 0.207. The van der Waals surface area contributed by atoms with Gasteiger partial charge in [-0.2, -0.15) is 0 Å². The Morgan fingerprint density at radius 3 is 2.37 bits per heavy atom. The third-order valence-electron chi connectivity index (χ3n) is 5.43. The maximum Gasteiger partial charge on any atom is 0.0414 e. The summed E-state index contributed by atoms with van der Waals surface area (Å²) in [7, 11) is 0. The molecule has 2 nitrogen and oxygen atoms in total. The van der Waals surface area contributed by atoms with Crippen molar-refractivity contribution in [1.82, 2.24) is 9.97 Å². The lowest BCUT2D eigenvalue weighted by molar-refractivity contribution is 0.930. The number of aromatic nitrogens is 2. The van der Waals surface area contributed by atoms with Crippen molar-refractivity contribution < 1.29 is 0 Å². The van der Waals surface area contributed by atoms with E-state index >= 15 is 0 Å². The van der Waals surface area contributed by atoms with Crippen LogP contribution in [-0.4, -0.2) is 9.97 Å². The van der Waals surface area contributed by atoms with Gasteiger partial charge in [-0.25, -0.2) is 0 Å². The fraction of sp³-hybridized carbons (Fsp3) is 0.185. The highest BCUT2D eigenvalue weighted by Gasteiger charge is 2.24. The zero-order chi connectivity index (χ0) is 20.8. The van der Waals surface area contributed by atoms with E-state index in [1.54, 1.807) is 0 Å². The van der Waals surface area contributed by atoms with Crippen molar-refractivity contribution in [3.63, 3.8) is 0 Å². The zero-order valence-corrected chi connectivity index (χ0v) is 18.2. The van der Waals surface area contributed by atoms with E-state index in [4.69, 9.17) is 0 Å². The second-order valence-corrected chi connectivity index (χ2v) is 8.64. The summed E-state index contributed by atoms with van der Waals surface area (Å²) in [4.78, 5) is 11.5.